The van der Waals surface area contributed by atoms with E-state index in [-0.39, 0.29) is 0 Å². The van der Waals surface area contributed by atoms with Crippen molar-refractivity contribution in [1.82, 2.24) is 4.90 Å². The van der Waals surface area contributed by atoms with E-state index in [4.69, 9.17) is 9.47 Å². The second kappa shape index (κ2) is 7.33. The van der Waals surface area contributed by atoms with Crippen molar-refractivity contribution in [3.63, 3.8) is 0 Å². The van der Waals surface area contributed by atoms with Crippen molar-refractivity contribution < 1.29 is 9.47 Å². The van der Waals surface area contributed by atoms with Crippen LogP contribution in [0.2, 0.25) is 0 Å². The van der Waals surface area contributed by atoms with Gasteiger partial charge in [0.1, 0.15) is 12.4 Å². The standard InChI is InChI=1S/C17H23NO2/c1-14-12-15(2)17(16(3)13-14)20-9-5-4-6-18-7-10-19-11-8-18/h12-13H,6-11H2,1-3H3. The normalized spacial score (nSPS) is 15.6. The molecule has 108 valence electrons. The van der Waals surface area contributed by atoms with Gasteiger partial charge in [0, 0.05) is 13.1 Å². The van der Waals surface area contributed by atoms with Gasteiger partial charge in [-0.05, 0) is 31.9 Å². The minimum atomic E-state index is 0.453. The van der Waals surface area contributed by atoms with Crippen molar-refractivity contribution in [2.24, 2.45) is 0 Å². The molecule has 1 fully saturated rings. The molecule has 1 aromatic rings. The van der Waals surface area contributed by atoms with Crippen molar-refractivity contribution in [3.05, 3.63) is 28.8 Å². The molecular formula is C17H23NO2. The monoisotopic (exact) mass is 273 g/mol. The fraction of sp³-hybridized carbons (Fsp3) is 0.529. The quantitative estimate of drug-likeness (QED) is 0.789. The lowest BCUT2D eigenvalue weighted by Crippen LogP contribution is -2.36. The molecule has 0 radical (unpaired) electrons. The lowest BCUT2D eigenvalue weighted by molar-refractivity contribution is 0.0443. The van der Waals surface area contributed by atoms with Gasteiger partial charge in [-0.2, -0.15) is 0 Å². The molecule has 1 aromatic carbocycles. The Labute approximate surface area is 121 Å². The summed E-state index contributed by atoms with van der Waals surface area (Å²) in [7, 11) is 0. The molecular weight excluding hydrogens is 250 g/mol. The fourth-order valence-corrected chi connectivity index (χ4v) is 2.48. The third-order valence-corrected chi connectivity index (χ3v) is 3.42. The number of nitrogens with zero attached hydrogens (tertiary/aromatic N) is 1. The molecule has 0 aromatic heterocycles. The van der Waals surface area contributed by atoms with Gasteiger partial charge in [-0.15, -0.1) is 0 Å². The summed E-state index contributed by atoms with van der Waals surface area (Å²) in [5.41, 5.74) is 3.63. The van der Waals surface area contributed by atoms with E-state index in [9.17, 15) is 0 Å². The summed E-state index contributed by atoms with van der Waals surface area (Å²) in [5, 5.41) is 0. The molecule has 0 unspecified atom stereocenters. The molecule has 0 aliphatic carbocycles. The maximum Gasteiger partial charge on any atom is 0.149 e. The lowest BCUT2D eigenvalue weighted by atomic mass is 10.1. The van der Waals surface area contributed by atoms with E-state index >= 15 is 0 Å². The smallest absolute Gasteiger partial charge is 0.149 e. The highest BCUT2D eigenvalue weighted by Gasteiger charge is 2.07. The van der Waals surface area contributed by atoms with Crippen molar-refractivity contribution in [1.29, 1.82) is 0 Å². The summed E-state index contributed by atoms with van der Waals surface area (Å²) in [6, 6.07) is 4.28. The predicted molar refractivity (Wildman–Crippen MR) is 81.2 cm³/mol. The summed E-state index contributed by atoms with van der Waals surface area (Å²) in [5.74, 6) is 7.24. The van der Waals surface area contributed by atoms with E-state index in [0.717, 1.165) is 38.6 Å². The van der Waals surface area contributed by atoms with Crippen LogP contribution in [0, 0.1) is 32.6 Å². The number of ether oxygens (including phenoxy) is 2. The van der Waals surface area contributed by atoms with Crippen LogP contribution in [0.25, 0.3) is 0 Å². The molecule has 3 heteroatoms. The first-order valence-corrected chi connectivity index (χ1v) is 7.13. The van der Waals surface area contributed by atoms with Gasteiger partial charge >= 0.3 is 0 Å². The maximum atomic E-state index is 5.80. The molecule has 0 atom stereocenters. The molecule has 3 nitrogen and oxygen atoms in total. The van der Waals surface area contributed by atoms with E-state index in [2.05, 4.69) is 49.6 Å². The van der Waals surface area contributed by atoms with Crippen LogP contribution >= 0.6 is 0 Å². The maximum absolute atomic E-state index is 5.80. The molecule has 0 spiro atoms. The Hall–Kier alpha value is -1.50. The van der Waals surface area contributed by atoms with Gasteiger partial charge in [0.2, 0.25) is 0 Å². The SMILES string of the molecule is Cc1cc(C)c(OCC#CCN2CCOCC2)c(C)c1. The summed E-state index contributed by atoms with van der Waals surface area (Å²) >= 11 is 0. The molecule has 1 aliphatic rings. The van der Waals surface area contributed by atoms with Gasteiger partial charge in [0.05, 0.1) is 19.8 Å². The highest BCUT2D eigenvalue weighted by molar-refractivity contribution is 5.43. The second-order valence-corrected chi connectivity index (χ2v) is 5.26. The van der Waals surface area contributed by atoms with E-state index in [0.29, 0.717) is 6.61 Å². The van der Waals surface area contributed by atoms with Gasteiger partial charge in [-0.3, -0.25) is 4.90 Å². The van der Waals surface area contributed by atoms with Crippen molar-refractivity contribution in [2.45, 2.75) is 20.8 Å². The molecule has 2 rings (SSSR count). The largest absolute Gasteiger partial charge is 0.480 e. The van der Waals surface area contributed by atoms with E-state index in [1.54, 1.807) is 0 Å². The van der Waals surface area contributed by atoms with Crippen LogP contribution in [0.4, 0.5) is 0 Å². The van der Waals surface area contributed by atoms with Crippen LogP contribution in [-0.4, -0.2) is 44.4 Å². The summed E-state index contributed by atoms with van der Waals surface area (Å²) in [6.45, 7) is 11.1. The Morgan fingerprint density at radius 1 is 1.10 bits per heavy atom. The molecule has 0 saturated carbocycles. The highest BCUT2D eigenvalue weighted by Crippen LogP contribution is 2.24. The Bertz CT molecular complexity index is 484. The van der Waals surface area contributed by atoms with Crippen LogP contribution in [-0.2, 0) is 4.74 Å². The molecule has 20 heavy (non-hydrogen) atoms. The summed E-state index contributed by atoms with van der Waals surface area (Å²) in [6.07, 6.45) is 0. The summed E-state index contributed by atoms with van der Waals surface area (Å²) in [4.78, 5) is 2.30. The number of rotatable bonds is 3. The van der Waals surface area contributed by atoms with Gasteiger partial charge in [0.25, 0.3) is 0 Å². The van der Waals surface area contributed by atoms with Crippen molar-refractivity contribution >= 4 is 0 Å². The average Bonchev–Trinajstić information content (AvgIpc) is 2.42. The van der Waals surface area contributed by atoms with Crippen molar-refractivity contribution in [2.75, 3.05) is 39.5 Å². The zero-order valence-corrected chi connectivity index (χ0v) is 12.7. The second-order valence-electron chi connectivity index (χ2n) is 5.26. The first-order chi connectivity index (χ1) is 9.66. The lowest BCUT2D eigenvalue weighted by Gasteiger charge is -2.24. The zero-order chi connectivity index (χ0) is 14.4. The first kappa shape index (κ1) is 14.9. The van der Waals surface area contributed by atoms with E-state index in [1.807, 2.05) is 0 Å². The Kier molecular flexibility index (Phi) is 5.46. The van der Waals surface area contributed by atoms with Crippen LogP contribution < -0.4 is 4.74 Å². The summed E-state index contributed by atoms with van der Waals surface area (Å²) < 4.78 is 11.1. The van der Waals surface area contributed by atoms with Crippen LogP contribution in [0.5, 0.6) is 5.75 Å². The van der Waals surface area contributed by atoms with Gasteiger partial charge in [-0.25, -0.2) is 0 Å². The zero-order valence-electron chi connectivity index (χ0n) is 12.7. The highest BCUT2D eigenvalue weighted by atomic mass is 16.5. The Balaban J connectivity index is 1.81. The number of benzene rings is 1. The number of aryl methyl sites for hydroxylation is 3. The van der Waals surface area contributed by atoms with Crippen LogP contribution in [0.1, 0.15) is 16.7 Å². The van der Waals surface area contributed by atoms with Gasteiger partial charge in [0.15, 0.2) is 0 Å². The third-order valence-electron chi connectivity index (χ3n) is 3.42. The van der Waals surface area contributed by atoms with Gasteiger partial charge in [-0.1, -0.05) is 29.5 Å². The molecule has 0 amide bonds. The Morgan fingerprint density at radius 3 is 2.40 bits per heavy atom. The van der Waals surface area contributed by atoms with Crippen LogP contribution in [0.3, 0.4) is 0 Å². The van der Waals surface area contributed by atoms with E-state index < -0.39 is 0 Å². The van der Waals surface area contributed by atoms with E-state index in [1.165, 1.54) is 16.7 Å². The van der Waals surface area contributed by atoms with Crippen LogP contribution in [0.15, 0.2) is 12.1 Å². The average molecular weight is 273 g/mol. The minimum Gasteiger partial charge on any atom is -0.480 e. The number of hydrogen-bond donors (Lipinski definition) is 0. The Morgan fingerprint density at radius 2 is 1.75 bits per heavy atom. The number of hydrogen-bond acceptors (Lipinski definition) is 3. The third kappa shape index (κ3) is 4.26. The topological polar surface area (TPSA) is 21.7 Å². The molecule has 1 saturated heterocycles. The molecule has 1 heterocycles. The molecule has 0 N–H and O–H groups in total. The minimum absolute atomic E-state index is 0.453. The molecule has 1 aliphatic heterocycles. The van der Waals surface area contributed by atoms with Crippen molar-refractivity contribution in [3.8, 4) is 17.6 Å². The van der Waals surface area contributed by atoms with Gasteiger partial charge < -0.3 is 9.47 Å². The number of morpholine rings is 1. The molecule has 0 bridgehead atoms. The predicted octanol–water partition coefficient (Wildman–Crippen LogP) is 2.33. The first-order valence-electron chi connectivity index (χ1n) is 7.13. The fourth-order valence-electron chi connectivity index (χ4n) is 2.48.